The van der Waals surface area contributed by atoms with Crippen LogP contribution in [0.5, 0.6) is 0 Å². The standard InChI is InChI=1S/C24H45BrO4/c1-10-12-14-28-20(26)15-19(24(8,9)25)16-23(6,7)18(3)21(27)29-17-22(4,5)13-11-2/h18-19H,10-17H2,1-9H3. The highest BCUT2D eigenvalue weighted by Crippen LogP contribution is 2.42. The van der Waals surface area contributed by atoms with Crippen LogP contribution in [-0.2, 0) is 19.1 Å². The maximum atomic E-state index is 12.7. The van der Waals surface area contributed by atoms with Crippen LogP contribution < -0.4 is 0 Å². The van der Waals surface area contributed by atoms with Gasteiger partial charge in [-0.3, -0.25) is 9.59 Å². The molecule has 0 aromatic rings. The third kappa shape index (κ3) is 11.4. The van der Waals surface area contributed by atoms with E-state index in [1.165, 1.54) is 0 Å². The van der Waals surface area contributed by atoms with Gasteiger partial charge in [0.05, 0.1) is 19.1 Å². The second kappa shape index (κ2) is 12.3. The lowest BCUT2D eigenvalue weighted by atomic mass is 9.70. The van der Waals surface area contributed by atoms with Crippen molar-refractivity contribution in [2.75, 3.05) is 13.2 Å². The molecule has 29 heavy (non-hydrogen) atoms. The molecule has 0 aliphatic carbocycles. The van der Waals surface area contributed by atoms with Gasteiger partial charge >= 0.3 is 11.9 Å². The molecule has 0 radical (unpaired) electrons. The van der Waals surface area contributed by atoms with Gasteiger partial charge in [-0.05, 0) is 49.9 Å². The van der Waals surface area contributed by atoms with E-state index in [9.17, 15) is 9.59 Å². The highest BCUT2D eigenvalue weighted by molar-refractivity contribution is 9.10. The number of halogens is 1. The number of ether oxygens (including phenoxy) is 2. The summed E-state index contributed by atoms with van der Waals surface area (Å²) in [6.07, 6.45) is 5.05. The van der Waals surface area contributed by atoms with Crippen LogP contribution in [-0.4, -0.2) is 29.5 Å². The van der Waals surface area contributed by atoms with Gasteiger partial charge < -0.3 is 9.47 Å². The first-order chi connectivity index (χ1) is 13.2. The third-order valence-corrected chi connectivity index (χ3v) is 6.62. The lowest BCUT2D eigenvalue weighted by Crippen LogP contribution is -2.38. The number of carbonyl (C=O) groups excluding carboxylic acids is 2. The predicted octanol–water partition coefficient (Wildman–Crippen LogP) is 6.93. The van der Waals surface area contributed by atoms with E-state index >= 15 is 0 Å². The zero-order chi connectivity index (χ0) is 22.9. The molecule has 0 heterocycles. The molecule has 4 nitrogen and oxygen atoms in total. The van der Waals surface area contributed by atoms with Crippen molar-refractivity contribution in [1.82, 2.24) is 0 Å². The molecule has 0 saturated carbocycles. The Morgan fingerprint density at radius 2 is 1.55 bits per heavy atom. The summed E-state index contributed by atoms with van der Waals surface area (Å²) in [6, 6.07) is 0. The SMILES string of the molecule is CCCCOC(=O)CC(CC(C)(C)C(C)C(=O)OCC(C)(C)CCC)C(C)(C)Br. The first-order valence-electron chi connectivity index (χ1n) is 11.2. The zero-order valence-electron chi connectivity index (χ0n) is 20.3. The first-order valence-corrected chi connectivity index (χ1v) is 12.0. The van der Waals surface area contributed by atoms with Crippen LogP contribution in [0, 0.1) is 22.7 Å². The van der Waals surface area contributed by atoms with E-state index in [4.69, 9.17) is 9.47 Å². The summed E-state index contributed by atoms with van der Waals surface area (Å²) in [7, 11) is 0. The maximum absolute atomic E-state index is 12.7. The van der Waals surface area contributed by atoms with Crippen molar-refractivity contribution in [2.45, 2.75) is 105 Å². The molecule has 0 saturated heterocycles. The summed E-state index contributed by atoms with van der Waals surface area (Å²) < 4.78 is 10.8. The monoisotopic (exact) mass is 476 g/mol. The lowest BCUT2D eigenvalue weighted by molar-refractivity contribution is -0.155. The molecular weight excluding hydrogens is 432 g/mol. The largest absolute Gasteiger partial charge is 0.466 e. The normalized spacial score (nSPS) is 15.0. The molecule has 2 atom stereocenters. The molecule has 0 rings (SSSR count). The molecule has 0 fully saturated rings. The van der Waals surface area contributed by atoms with Crippen LogP contribution in [0.1, 0.15) is 101 Å². The Morgan fingerprint density at radius 3 is 2.03 bits per heavy atom. The first kappa shape index (κ1) is 28.4. The smallest absolute Gasteiger partial charge is 0.309 e. The van der Waals surface area contributed by atoms with Gasteiger partial charge in [-0.1, -0.05) is 77.2 Å². The second-order valence-electron chi connectivity index (χ2n) is 10.5. The Labute approximate surface area is 188 Å². The molecule has 0 aromatic heterocycles. The van der Waals surface area contributed by atoms with E-state index in [2.05, 4.69) is 71.3 Å². The van der Waals surface area contributed by atoms with Crippen LogP contribution in [0.2, 0.25) is 0 Å². The van der Waals surface area contributed by atoms with Gasteiger partial charge in [0.1, 0.15) is 0 Å². The minimum Gasteiger partial charge on any atom is -0.466 e. The fraction of sp³-hybridized carbons (Fsp3) is 0.917. The Kier molecular flexibility index (Phi) is 12.1. The third-order valence-electron chi connectivity index (χ3n) is 5.98. The average molecular weight is 478 g/mol. The molecule has 0 amide bonds. The highest BCUT2D eigenvalue weighted by atomic mass is 79.9. The number of rotatable bonds is 14. The summed E-state index contributed by atoms with van der Waals surface area (Å²) in [6.45, 7) is 19.7. The number of carbonyl (C=O) groups is 2. The number of esters is 2. The van der Waals surface area contributed by atoms with Crippen LogP contribution in [0.15, 0.2) is 0 Å². The van der Waals surface area contributed by atoms with Gasteiger partial charge in [0.25, 0.3) is 0 Å². The average Bonchev–Trinajstić information content (AvgIpc) is 2.57. The van der Waals surface area contributed by atoms with Crippen molar-refractivity contribution in [2.24, 2.45) is 22.7 Å². The molecule has 0 bridgehead atoms. The van der Waals surface area contributed by atoms with Crippen molar-refractivity contribution in [3.05, 3.63) is 0 Å². The summed E-state index contributed by atoms with van der Waals surface area (Å²) in [5.41, 5.74) is -0.303. The van der Waals surface area contributed by atoms with Gasteiger partial charge in [-0.25, -0.2) is 0 Å². The second-order valence-corrected chi connectivity index (χ2v) is 12.5. The summed E-state index contributed by atoms with van der Waals surface area (Å²) in [4.78, 5) is 25.0. The van der Waals surface area contributed by atoms with Crippen molar-refractivity contribution in [1.29, 1.82) is 0 Å². The van der Waals surface area contributed by atoms with Gasteiger partial charge in [-0.15, -0.1) is 0 Å². The van der Waals surface area contributed by atoms with Crippen LogP contribution in [0.4, 0.5) is 0 Å². The molecular formula is C24H45BrO4. The molecule has 172 valence electrons. The summed E-state index contributed by atoms with van der Waals surface area (Å²) in [5, 5.41) is 0. The molecule has 5 heteroatoms. The molecule has 0 aliphatic rings. The van der Waals surface area contributed by atoms with E-state index < -0.39 is 0 Å². The lowest BCUT2D eigenvalue weighted by Gasteiger charge is -2.38. The van der Waals surface area contributed by atoms with Crippen LogP contribution in [0.25, 0.3) is 0 Å². The van der Waals surface area contributed by atoms with Crippen molar-refractivity contribution in [3.63, 3.8) is 0 Å². The number of hydrogen-bond acceptors (Lipinski definition) is 4. The van der Waals surface area contributed by atoms with Crippen molar-refractivity contribution >= 4 is 27.9 Å². The topological polar surface area (TPSA) is 52.6 Å². The van der Waals surface area contributed by atoms with E-state index in [0.717, 1.165) is 32.1 Å². The van der Waals surface area contributed by atoms with Crippen LogP contribution in [0.3, 0.4) is 0 Å². The molecule has 0 aromatic carbocycles. The van der Waals surface area contributed by atoms with E-state index in [0.29, 0.717) is 19.6 Å². The Balaban J connectivity index is 5.02. The van der Waals surface area contributed by atoms with E-state index in [-0.39, 0.29) is 38.9 Å². The highest BCUT2D eigenvalue weighted by Gasteiger charge is 2.40. The van der Waals surface area contributed by atoms with E-state index in [1.54, 1.807) is 0 Å². The van der Waals surface area contributed by atoms with Gasteiger partial charge in [0.2, 0.25) is 0 Å². The van der Waals surface area contributed by atoms with Crippen LogP contribution >= 0.6 is 15.9 Å². The minimum absolute atomic E-state index is 0.00307. The number of unbranched alkanes of at least 4 members (excludes halogenated alkanes) is 1. The summed E-state index contributed by atoms with van der Waals surface area (Å²) in [5.74, 6) is -0.522. The van der Waals surface area contributed by atoms with Crippen molar-refractivity contribution in [3.8, 4) is 0 Å². The molecule has 0 N–H and O–H groups in total. The zero-order valence-corrected chi connectivity index (χ0v) is 21.9. The maximum Gasteiger partial charge on any atom is 0.309 e. The minimum atomic E-state index is -0.300. The quantitative estimate of drug-likeness (QED) is 0.155. The Bertz CT molecular complexity index is 506. The van der Waals surface area contributed by atoms with Gasteiger partial charge in [0, 0.05) is 10.7 Å². The van der Waals surface area contributed by atoms with Gasteiger partial charge in [0.15, 0.2) is 0 Å². The Morgan fingerprint density at radius 1 is 0.966 bits per heavy atom. The number of alkyl halides is 1. The number of hydrogen-bond donors (Lipinski definition) is 0. The molecule has 2 unspecified atom stereocenters. The molecule has 0 aliphatic heterocycles. The van der Waals surface area contributed by atoms with Crippen molar-refractivity contribution < 1.29 is 19.1 Å². The summed E-state index contributed by atoms with van der Waals surface area (Å²) >= 11 is 3.74. The predicted molar refractivity (Wildman–Crippen MR) is 124 cm³/mol. The fourth-order valence-corrected chi connectivity index (χ4v) is 3.74. The van der Waals surface area contributed by atoms with Gasteiger partial charge in [-0.2, -0.15) is 0 Å². The Hall–Kier alpha value is -0.580. The fourth-order valence-electron chi connectivity index (χ4n) is 3.42. The van der Waals surface area contributed by atoms with E-state index in [1.807, 2.05) is 6.92 Å². The molecule has 0 spiro atoms.